The topological polar surface area (TPSA) is 108 Å². The maximum atomic E-state index is 9.58. The third kappa shape index (κ3) is 1.84. The first-order valence-corrected chi connectivity index (χ1v) is 4.08. The van der Waals surface area contributed by atoms with E-state index in [0.717, 1.165) is 0 Å². The average molecular weight is 196 g/mol. The molecule has 6 heteroatoms. The van der Waals surface area contributed by atoms with Gasteiger partial charge in [0.25, 0.3) is 0 Å². The summed E-state index contributed by atoms with van der Waals surface area (Å²) in [5.41, 5.74) is 5.93. The minimum Gasteiger partial charge on any atom is -0.389 e. The van der Waals surface area contributed by atoms with Crippen molar-refractivity contribution < 1.29 is 10.2 Å². The third-order valence-corrected chi connectivity index (χ3v) is 2.00. The fraction of sp³-hybridized carbons (Fsp3) is 0.500. The molecule has 0 saturated carbocycles. The molecule has 1 rings (SSSR count). The summed E-state index contributed by atoms with van der Waals surface area (Å²) in [7, 11) is 1.63. The van der Waals surface area contributed by atoms with Crippen LogP contribution in [0.1, 0.15) is 18.1 Å². The smallest absolute Gasteiger partial charge is 0.127 e. The Morgan fingerprint density at radius 2 is 2.36 bits per heavy atom. The minimum absolute atomic E-state index is 0.143. The number of aryl methyl sites for hydroxylation is 1. The van der Waals surface area contributed by atoms with Gasteiger partial charge in [0.15, 0.2) is 0 Å². The molecule has 14 heavy (non-hydrogen) atoms. The van der Waals surface area contributed by atoms with Gasteiger partial charge < -0.3 is 15.9 Å². The lowest BCUT2D eigenvalue weighted by atomic mass is 10.1. The van der Waals surface area contributed by atoms with Crippen LogP contribution in [-0.4, -0.2) is 26.1 Å². The fourth-order valence-electron chi connectivity index (χ4n) is 1.10. The number of nitrogens with two attached hydrogens (primary N) is 1. The number of nitrogen functional groups attached to an aromatic ring is 1. The summed E-state index contributed by atoms with van der Waals surface area (Å²) in [4.78, 5) is 0. The van der Waals surface area contributed by atoms with Gasteiger partial charge in [-0.25, -0.2) is 0 Å². The molecule has 1 aromatic heterocycles. The molecular weight excluding hydrogens is 184 g/mol. The summed E-state index contributed by atoms with van der Waals surface area (Å²) in [5, 5.41) is 31.1. The highest BCUT2D eigenvalue weighted by Crippen LogP contribution is 2.23. The van der Waals surface area contributed by atoms with E-state index in [2.05, 4.69) is 5.10 Å². The average Bonchev–Trinajstić information content (AvgIpc) is 2.47. The van der Waals surface area contributed by atoms with E-state index in [4.69, 9.17) is 11.0 Å². The van der Waals surface area contributed by atoms with Crippen LogP contribution in [0.15, 0.2) is 6.20 Å². The van der Waals surface area contributed by atoms with Crippen LogP contribution >= 0.6 is 0 Å². The monoisotopic (exact) mass is 196 g/mol. The molecule has 0 aliphatic rings. The van der Waals surface area contributed by atoms with Crippen LogP contribution in [0.2, 0.25) is 0 Å². The molecular formula is C8H12N4O2. The Hall–Kier alpha value is -1.58. The number of nitrogens with zero attached hydrogens (tertiary/aromatic N) is 3. The summed E-state index contributed by atoms with van der Waals surface area (Å²) >= 11 is 0. The number of hydrogen-bond acceptors (Lipinski definition) is 5. The van der Waals surface area contributed by atoms with Gasteiger partial charge >= 0.3 is 0 Å². The molecule has 0 radical (unpaired) electrons. The lowest BCUT2D eigenvalue weighted by Crippen LogP contribution is -2.18. The van der Waals surface area contributed by atoms with Crippen molar-refractivity contribution in [1.29, 1.82) is 5.26 Å². The summed E-state index contributed by atoms with van der Waals surface area (Å²) in [6.45, 7) is 0. The van der Waals surface area contributed by atoms with Crippen LogP contribution < -0.4 is 5.73 Å². The zero-order valence-corrected chi connectivity index (χ0v) is 7.75. The number of anilines is 1. The van der Waals surface area contributed by atoms with Gasteiger partial charge in [-0.3, -0.25) is 4.68 Å². The number of nitriles is 1. The van der Waals surface area contributed by atoms with E-state index in [9.17, 15) is 10.2 Å². The van der Waals surface area contributed by atoms with Crippen LogP contribution in [-0.2, 0) is 7.05 Å². The molecule has 0 aliphatic carbocycles. The lowest BCUT2D eigenvalue weighted by molar-refractivity contribution is 0.0220. The van der Waals surface area contributed by atoms with Crippen molar-refractivity contribution in [3.63, 3.8) is 0 Å². The van der Waals surface area contributed by atoms with Crippen LogP contribution in [0.5, 0.6) is 0 Å². The molecule has 2 unspecified atom stereocenters. The molecule has 0 spiro atoms. The highest BCUT2D eigenvalue weighted by molar-refractivity contribution is 5.40. The molecule has 0 amide bonds. The van der Waals surface area contributed by atoms with Crippen molar-refractivity contribution in [2.75, 3.05) is 5.73 Å². The van der Waals surface area contributed by atoms with Crippen molar-refractivity contribution in [1.82, 2.24) is 9.78 Å². The molecule has 76 valence electrons. The van der Waals surface area contributed by atoms with E-state index < -0.39 is 12.2 Å². The largest absolute Gasteiger partial charge is 0.389 e. The van der Waals surface area contributed by atoms with Gasteiger partial charge in [0.05, 0.1) is 24.8 Å². The van der Waals surface area contributed by atoms with Crippen LogP contribution in [0.4, 0.5) is 5.82 Å². The Balaban J connectivity index is 2.84. The zero-order valence-electron chi connectivity index (χ0n) is 7.75. The highest BCUT2D eigenvalue weighted by Gasteiger charge is 2.22. The molecule has 1 heterocycles. The Morgan fingerprint density at radius 1 is 1.71 bits per heavy atom. The standard InChI is InChI=1S/C8H12N4O2/c1-12-8(10)5(4-11-12)7(14)6(13)2-3-9/h4,6-7,13-14H,2,10H2,1H3. The van der Waals surface area contributed by atoms with Crippen molar-refractivity contribution in [3.8, 4) is 6.07 Å². The summed E-state index contributed by atoms with van der Waals surface area (Å²) in [5.74, 6) is 0.287. The molecule has 0 bridgehead atoms. The maximum Gasteiger partial charge on any atom is 0.127 e. The van der Waals surface area contributed by atoms with Crippen molar-refractivity contribution in [3.05, 3.63) is 11.8 Å². The fourth-order valence-corrected chi connectivity index (χ4v) is 1.10. The van der Waals surface area contributed by atoms with Gasteiger partial charge in [-0.1, -0.05) is 0 Å². The number of aliphatic hydroxyl groups is 2. The first-order valence-electron chi connectivity index (χ1n) is 4.08. The normalized spacial score (nSPS) is 14.7. The second-order valence-electron chi connectivity index (χ2n) is 2.98. The summed E-state index contributed by atoms with van der Waals surface area (Å²) < 4.78 is 1.39. The Morgan fingerprint density at radius 3 is 2.79 bits per heavy atom. The van der Waals surface area contributed by atoms with Gasteiger partial charge in [-0.15, -0.1) is 0 Å². The third-order valence-electron chi connectivity index (χ3n) is 2.00. The lowest BCUT2D eigenvalue weighted by Gasteiger charge is -2.14. The van der Waals surface area contributed by atoms with Gasteiger partial charge in [0.1, 0.15) is 11.9 Å². The molecule has 1 aromatic rings. The molecule has 2 atom stereocenters. The molecule has 0 aromatic carbocycles. The molecule has 6 nitrogen and oxygen atoms in total. The van der Waals surface area contributed by atoms with Gasteiger partial charge in [-0.2, -0.15) is 10.4 Å². The van der Waals surface area contributed by atoms with Crippen LogP contribution in [0.25, 0.3) is 0 Å². The maximum absolute atomic E-state index is 9.58. The molecule has 4 N–H and O–H groups in total. The Labute approximate surface area is 81.2 Å². The van der Waals surface area contributed by atoms with Crippen molar-refractivity contribution in [2.24, 2.45) is 7.05 Å². The predicted octanol–water partition coefficient (Wildman–Crippen LogP) is -0.690. The molecule has 0 aliphatic heterocycles. The van der Waals surface area contributed by atoms with Gasteiger partial charge in [0, 0.05) is 12.6 Å². The molecule has 0 saturated heterocycles. The van der Waals surface area contributed by atoms with Crippen LogP contribution in [0.3, 0.4) is 0 Å². The van der Waals surface area contributed by atoms with E-state index >= 15 is 0 Å². The van der Waals surface area contributed by atoms with E-state index in [1.54, 1.807) is 13.1 Å². The number of aromatic nitrogens is 2. The minimum atomic E-state index is -1.16. The Kier molecular flexibility index (Phi) is 3.06. The first-order chi connectivity index (χ1) is 6.57. The number of rotatable bonds is 3. The SMILES string of the molecule is Cn1ncc(C(O)C(O)CC#N)c1N. The summed E-state index contributed by atoms with van der Waals surface area (Å²) in [6.07, 6.45) is -1.06. The Bertz CT molecular complexity index is 355. The van der Waals surface area contributed by atoms with Crippen molar-refractivity contribution in [2.45, 2.75) is 18.6 Å². The highest BCUT2D eigenvalue weighted by atomic mass is 16.3. The van der Waals surface area contributed by atoms with Crippen molar-refractivity contribution >= 4 is 5.82 Å². The second kappa shape index (κ2) is 4.09. The van der Waals surface area contributed by atoms with Crippen LogP contribution in [0, 0.1) is 11.3 Å². The van der Waals surface area contributed by atoms with E-state index in [1.165, 1.54) is 10.9 Å². The first kappa shape index (κ1) is 10.5. The second-order valence-corrected chi connectivity index (χ2v) is 2.98. The number of hydrogen-bond donors (Lipinski definition) is 3. The quantitative estimate of drug-likeness (QED) is 0.593. The number of aliphatic hydroxyl groups excluding tert-OH is 2. The van der Waals surface area contributed by atoms with E-state index in [0.29, 0.717) is 5.56 Å². The summed E-state index contributed by atoms with van der Waals surface area (Å²) in [6, 6.07) is 1.77. The van der Waals surface area contributed by atoms with E-state index in [-0.39, 0.29) is 12.2 Å². The van der Waals surface area contributed by atoms with Gasteiger partial charge in [-0.05, 0) is 0 Å². The van der Waals surface area contributed by atoms with E-state index in [1.807, 2.05) is 0 Å². The van der Waals surface area contributed by atoms with Gasteiger partial charge in [0.2, 0.25) is 0 Å². The zero-order chi connectivity index (χ0) is 10.7. The predicted molar refractivity (Wildman–Crippen MR) is 48.8 cm³/mol. The molecule has 0 fully saturated rings.